The van der Waals surface area contributed by atoms with Gasteiger partial charge in [-0.1, -0.05) is 18.2 Å². The minimum Gasteiger partial charge on any atom is -0.461 e. The maximum Gasteiger partial charge on any atom is 0.231 e. The number of ketones is 1. The monoisotopic (exact) mass is 451 g/mol. The van der Waals surface area contributed by atoms with Gasteiger partial charge >= 0.3 is 0 Å². The van der Waals surface area contributed by atoms with Crippen LogP contribution in [0.15, 0.2) is 46.2 Å². The molecule has 0 N–H and O–H groups in total. The van der Waals surface area contributed by atoms with Crippen LogP contribution in [-0.4, -0.2) is 33.1 Å². The van der Waals surface area contributed by atoms with E-state index in [0.717, 1.165) is 22.8 Å². The Morgan fingerprint density at radius 2 is 2.09 bits per heavy atom. The van der Waals surface area contributed by atoms with Crippen LogP contribution in [0, 0.1) is 17.8 Å². The highest BCUT2D eigenvalue weighted by atomic mass is 32.2. The lowest BCUT2D eigenvalue weighted by Gasteiger charge is -2.30. The zero-order valence-electron chi connectivity index (χ0n) is 17.9. The van der Waals surface area contributed by atoms with Crippen molar-refractivity contribution >= 4 is 17.5 Å². The maximum absolute atomic E-state index is 12.9. The number of benzene rings is 1. The first-order valence-electron chi connectivity index (χ1n) is 11.2. The molecule has 166 valence electrons. The summed E-state index contributed by atoms with van der Waals surface area (Å²) in [7, 11) is 0. The van der Waals surface area contributed by atoms with Crippen molar-refractivity contribution in [3.05, 3.63) is 42.2 Å². The number of rotatable bonds is 7. The van der Waals surface area contributed by atoms with Crippen LogP contribution in [0.1, 0.15) is 49.0 Å². The van der Waals surface area contributed by atoms with Crippen molar-refractivity contribution in [2.24, 2.45) is 17.8 Å². The van der Waals surface area contributed by atoms with Gasteiger partial charge in [0.05, 0.1) is 12.0 Å². The molecule has 8 heteroatoms. The Hall–Kier alpha value is -2.74. The van der Waals surface area contributed by atoms with Gasteiger partial charge in [-0.05, 0) is 74.3 Å². The highest BCUT2D eigenvalue weighted by molar-refractivity contribution is 7.99. The molecule has 0 saturated heterocycles. The van der Waals surface area contributed by atoms with Crippen molar-refractivity contribution in [1.29, 1.82) is 0 Å². The van der Waals surface area contributed by atoms with E-state index >= 15 is 0 Å². The molecule has 2 saturated carbocycles. The molecule has 4 unspecified atom stereocenters. The van der Waals surface area contributed by atoms with Gasteiger partial charge in [0, 0.05) is 11.6 Å². The zero-order chi connectivity index (χ0) is 21.7. The standard InChI is InChI=1S/C24H25N3O4S/c1-14(18-10-15-4-5-16(18)9-15)27-23(21-3-2-8-29-21)25-26-24(27)32-12-19(28)17-6-7-20-22(11-17)31-13-30-20/h2-3,6-8,11,14-16,18H,4-5,9-10,12-13H2,1H3. The number of furan rings is 1. The minimum atomic E-state index is 0.0231. The number of ether oxygens (including phenoxy) is 2. The Kier molecular flexibility index (Phi) is 4.97. The molecule has 2 fully saturated rings. The van der Waals surface area contributed by atoms with Crippen LogP contribution in [-0.2, 0) is 0 Å². The predicted molar refractivity (Wildman–Crippen MR) is 119 cm³/mol. The topological polar surface area (TPSA) is 79.4 Å². The average Bonchev–Trinajstić information content (AvgIpc) is 3.64. The Balaban J connectivity index is 1.25. The summed E-state index contributed by atoms with van der Waals surface area (Å²) >= 11 is 1.43. The number of hydrogen-bond acceptors (Lipinski definition) is 7. The fourth-order valence-electron chi connectivity index (χ4n) is 5.68. The first-order chi connectivity index (χ1) is 15.7. The molecule has 6 rings (SSSR count). The molecule has 2 bridgehead atoms. The van der Waals surface area contributed by atoms with Crippen LogP contribution in [0.4, 0.5) is 0 Å². The number of aromatic nitrogens is 3. The van der Waals surface area contributed by atoms with E-state index in [1.165, 1.54) is 37.4 Å². The molecular formula is C24H25N3O4S. The number of fused-ring (bicyclic) bond motifs is 3. The van der Waals surface area contributed by atoms with Gasteiger partial charge in [-0.25, -0.2) is 0 Å². The molecule has 3 aromatic rings. The highest BCUT2D eigenvalue weighted by Crippen LogP contribution is 2.53. The summed E-state index contributed by atoms with van der Waals surface area (Å²) < 4.78 is 18.6. The lowest BCUT2D eigenvalue weighted by molar-refractivity contribution is 0.102. The van der Waals surface area contributed by atoms with Crippen molar-refractivity contribution in [3.8, 4) is 23.1 Å². The third-order valence-corrected chi connectivity index (χ3v) is 8.20. The third kappa shape index (κ3) is 3.41. The summed E-state index contributed by atoms with van der Waals surface area (Å²) in [4.78, 5) is 12.9. The fourth-order valence-corrected chi connectivity index (χ4v) is 6.59. The second-order valence-corrected chi connectivity index (χ2v) is 9.96. The van der Waals surface area contributed by atoms with E-state index in [1.54, 1.807) is 24.5 Å². The number of carbonyl (C=O) groups is 1. The Bertz CT molecular complexity index is 1140. The Labute approximate surface area is 190 Å². The van der Waals surface area contributed by atoms with Gasteiger partial charge in [-0.3, -0.25) is 9.36 Å². The van der Waals surface area contributed by atoms with Gasteiger partial charge in [0.1, 0.15) is 0 Å². The first-order valence-corrected chi connectivity index (χ1v) is 12.2. The molecule has 0 radical (unpaired) electrons. The largest absolute Gasteiger partial charge is 0.461 e. The lowest BCUT2D eigenvalue weighted by atomic mass is 9.84. The molecule has 7 nitrogen and oxygen atoms in total. The van der Waals surface area contributed by atoms with Gasteiger partial charge in [-0.2, -0.15) is 0 Å². The summed E-state index contributed by atoms with van der Waals surface area (Å²) in [5.41, 5.74) is 0.611. The van der Waals surface area contributed by atoms with Crippen LogP contribution < -0.4 is 9.47 Å². The van der Waals surface area contributed by atoms with E-state index < -0.39 is 0 Å². The van der Waals surface area contributed by atoms with Gasteiger partial charge in [0.2, 0.25) is 12.6 Å². The Morgan fingerprint density at radius 3 is 2.88 bits per heavy atom. The summed E-state index contributed by atoms with van der Waals surface area (Å²) in [5.74, 6) is 5.29. The van der Waals surface area contributed by atoms with E-state index in [1.807, 2.05) is 12.1 Å². The molecular weight excluding hydrogens is 426 g/mol. The lowest BCUT2D eigenvalue weighted by Crippen LogP contribution is -2.23. The molecule has 4 atom stereocenters. The van der Waals surface area contributed by atoms with Gasteiger partial charge < -0.3 is 13.9 Å². The van der Waals surface area contributed by atoms with Crippen LogP contribution in [0.5, 0.6) is 11.5 Å². The summed E-state index contributed by atoms with van der Waals surface area (Å²) in [6.07, 6.45) is 6.96. The van der Waals surface area contributed by atoms with Crippen molar-refractivity contribution in [3.63, 3.8) is 0 Å². The van der Waals surface area contributed by atoms with E-state index in [0.29, 0.717) is 28.7 Å². The summed E-state index contributed by atoms with van der Waals surface area (Å²) in [6.45, 7) is 2.46. The number of thioether (sulfide) groups is 1. The Morgan fingerprint density at radius 1 is 1.19 bits per heavy atom. The van der Waals surface area contributed by atoms with Crippen molar-refractivity contribution < 1.29 is 18.7 Å². The molecule has 3 aliphatic rings. The van der Waals surface area contributed by atoms with E-state index in [9.17, 15) is 4.79 Å². The normalized spacial score (nSPS) is 24.2. The minimum absolute atomic E-state index is 0.0231. The molecule has 0 amide bonds. The van der Waals surface area contributed by atoms with Crippen molar-refractivity contribution in [1.82, 2.24) is 14.8 Å². The van der Waals surface area contributed by atoms with E-state index in [4.69, 9.17) is 13.9 Å². The number of hydrogen-bond donors (Lipinski definition) is 0. The molecule has 1 aromatic carbocycles. The highest BCUT2D eigenvalue weighted by Gasteiger charge is 2.43. The second kappa shape index (κ2) is 7.99. The number of nitrogens with zero attached hydrogens (tertiary/aromatic N) is 3. The number of carbonyl (C=O) groups excluding carboxylic acids is 1. The van der Waals surface area contributed by atoms with Gasteiger partial charge in [0.15, 0.2) is 28.2 Å². The molecule has 1 aliphatic heterocycles. The molecule has 3 heterocycles. The van der Waals surface area contributed by atoms with Crippen LogP contribution in [0.25, 0.3) is 11.6 Å². The van der Waals surface area contributed by atoms with Crippen LogP contribution in [0.2, 0.25) is 0 Å². The SMILES string of the molecule is CC(C1CC2CCC1C2)n1c(SCC(=O)c2ccc3c(c2)OCO3)nnc1-c1ccco1. The second-order valence-electron chi connectivity index (χ2n) is 9.01. The van der Waals surface area contributed by atoms with Gasteiger partial charge in [-0.15, -0.1) is 10.2 Å². The smallest absolute Gasteiger partial charge is 0.231 e. The average molecular weight is 452 g/mol. The summed E-state index contributed by atoms with van der Waals surface area (Å²) in [6, 6.07) is 9.36. The van der Waals surface area contributed by atoms with Crippen LogP contribution in [0.3, 0.4) is 0 Å². The van der Waals surface area contributed by atoms with E-state index in [2.05, 4.69) is 21.7 Å². The molecule has 32 heavy (non-hydrogen) atoms. The van der Waals surface area contributed by atoms with Crippen LogP contribution >= 0.6 is 11.8 Å². The number of Topliss-reactive ketones (excluding diaryl/α,β-unsaturated/α-hetero) is 1. The molecule has 2 aliphatic carbocycles. The summed E-state index contributed by atoms with van der Waals surface area (Å²) in [5, 5.41) is 9.70. The van der Waals surface area contributed by atoms with E-state index in [-0.39, 0.29) is 24.4 Å². The van der Waals surface area contributed by atoms with Gasteiger partial charge in [0.25, 0.3) is 0 Å². The third-order valence-electron chi connectivity index (χ3n) is 7.25. The quantitative estimate of drug-likeness (QED) is 0.359. The molecule has 0 spiro atoms. The zero-order valence-corrected chi connectivity index (χ0v) is 18.7. The van der Waals surface area contributed by atoms with Crippen molar-refractivity contribution in [2.75, 3.05) is 12.5 Å². The van der Waals surface area contributed by atoms with Crippen molar-refractivity contribution in [2.45, 2.75) is 43.8 Å². The fraction of sp³-hybridized carbons (Fsp3) is 0.458. The first kappa shape index (κ1) is 19.9. The predicted octanol–water partition coefficient (Wildman–Crippen LogP) is 5.24. The molecule has 2 aromatic heterocycles. The maximum atomic E-state index is 12.9.